The van der Waals surface area contributed by atoms with Crippen LogP contribution in [0.2, 0.25) is 0 Å². The lowest BCUT2D eigenvalue weighted by atomic mass is 10.0. The molecule has 0 radical (unpaired) electrons. The highest BCUT2D eigenvalue weighted by Gasteiger charge is 2.31. The van der Waals surface area contributed by atoms with E-state index in [0.717, 1.165) is 17.7 Å². The predicted molar refractivity (Wildman–Crippen MR) is 114 cm³/mol. The van der Waals surface area contributed by atoms with E-state index >= 15 is 0 Å². The molecule has 2 aromatic carbocycles. The zero-order valence-electron chi connectivity index (χ0n) is 18.3. The minimum atomic E-state index is -4.80. The minimum Gasteiger partial charge on any atom is -0.478 e. The number of carbonyl (C=O) groups is 2. The van der Waals surface area contributed by atoms with E-state index in [1.807, 2.05) is 0 Å². The average Bonchev–Trinajstić information content (AvgIpc) is 3.00. The van der Waals surface area contributed by atoms with Crippen molar-refractivity contribution in [1.29, 1.82) is 0 Å². The molecule has 10 heteroatoms. The number of aromatic nitrogens is 2. The van der Waals surface area contributed by atoms with E-state index < -0.39 is 24.3 Å². The van der Waals surface area contributed by atoms with Gasteiger partial charge in [-0.05, 0) is 69.2 Å². The molecular formula is C23H22F3N3O4. The van der Waals surface area contributed by atoms with Gasteiger partial charge in [-0.25, -0.2) is 9.78 Å². The standard InChI is InChI=1S/C23H22F3N3O4/c1-12-11-16(5-10-19(12)22(31)32)13(2)28-21(30)20-14(3)27-15(4)29(20)17-6-8-18(9-7-17)33-23(24,25)26/h5-11,13H,1-4H3,(H,28,30)(H,31,32). The summed E-state index contributed by atoms with van der Waals surface area (Å²) in [6.45, 7) is 6.78. The van der Waals surface area contributed by atoms with E-state index in [2.05, 4.69) is 15.0 Å². The molecule has 33 heavy (non-hydrogen) atoms. The molecule has 0 aliphatic heterocycles. The molecule has 7 nitrogen and oxygen atoms in total. The topological polar surface area (TPSA) is 93.5 Å². The summed E-state index contributed by atoms with van der Waals surface area (Å²) >= 11 is 0. The van der Waals surface area contributed by atoms with E-state index in [9.17, 15) is 27.9 Å². The SMILES string of the molecule is Cc1cc(C(C)NC(=O)c2c(C)nc(C)n2-c2ccc(OC(F)(F)F)cc2)ccc1C(=O)O. The lowest BCUT2D eigenvalue weighted by Gasteiger charge is -2.17. The lowest BCUT2D eigenvalue weighted by Crippen LogP contribution is -2.29. The van der Waals surface area contributed by atoms with Crippen LogP contribution in [-0.4, -0.2) is 32.9 Å². The first-order valence-corrected chi connectivity index (χ1v) is 9.94. The van der Waals surface area contributed by atoms with Crippen LogP contribution in [0, 0.1) is 20.8 Å². The second-order valence-corrected chi connectivity index (χ2v) is 7.54. The third kappa shape index (κ3) is 5.33. The zero-order valence-corrected chi connectivity index (χ0v) is 18.3. The van der Waals surface area contributed by atoms with E-state index in [1.54, 1.807) is 44.4 Å². The van der Waals surface area contributed by atoms with Crippen molar-refractivity contribution < 1.29 is 32.6 Å². The number of alkyl halides is 3. The van der Waals surface area contributed by atoms with Crippen LogP contribution in [-0.2, 0) is 0 Å². The van der Waals surface area contributed by atoms with E-state index in [4.69, 9.17) is 0 Å². The molecule has 2 N–H and O–H groups in total. The van der Waals surface area contributed by atoms with Gasteiger partial charge in [0.05, 0.1) is 17.3 Å². The molecular weight excluding hydrogens is 439 g/mol. The Kier molecular flexibility index (Phi) is 6.48. The molecule has 3 rings (SSSR count). The molecule has 174 valence electrons. The number of benzene rings is 2. The molecule has 3 aromatic rings. The van der Waals surface area contributed by atoms with Crippen molar-refractivity contribution in [1.82, 2.24) is 14.9 Å². The van der Waals surface area contributed by atoms with Gasteiger partial charge in [0.25, 0.3) is 5.91 Å². The quantitative estimate of drug-likeness (QED) is 0.546. The number of nitrogens with one attached hydrogen (secondary N) is 1. The van der Waals surface area contributed by atoms with Gasteiger partial charge in [0.15, 0.2) is 0 Å². The van der Waals surface area contributed by atoms with Crippen molar-refractivity contribution in [3.05, 3.63) is 76.4 Å². The molecule has 1 heterocycles. The Morgan fingerprint density at radius 2 is 1.73 bits per heavy atom. The highest BCUT2D eigenvalue weighted by Crippen LogP contribution is 2.26. The molecule has 0 aliphatic carbocycles. The van der Waals surface area contributed by atoms with Gasteiger partial charge in [0, 0.05) is 5.69 Å². The number of carbonyl (C=O) groups excluding carboxylic acids is 1. The van der Waals surface area contributed by atoms with Crippen molar-refractivity contribution in [3.63, 3.8) is 0 Å². The van der Waals surface area contributed by atoms with Crippen LogP contribution in [0.3, 0.4) is 0 Å². The van der Waals surface area contributed by atoms with Gasteiger partial charge in [0.2, 0.25) is 0 Å². The zero-order chi connectivity index (χ0) is 24.5. The van der Waals surface area contributed by atoms with Crippen LogP contribution in [0.5, 0.6) is 5.75 Å². The highest BCUT2D eigenvalue weighted by molar-refractivity contribution is 5.95. The average molecular weight is 461 g/mol. The molecule has 1 unspecified atom stereocenters. The summed E-state index contributed by atoms with van der Waals surface area (Å²) < 4.78 is 42.7. The highest BCUT2D eigenvalue weighted by atomic mass is 19.4. The van der Waals surface area contributed by atoms with E-state index in [0.29, 0.717) is 22.8 Å². The molecule has 0 aliphatic rings. The fourth-order valence-corrected chi connectivity index (χ4v) is 3.59. The first kappa shape index (κ1) is 23.8. The second-order valence-electron chi connectivity index (χ2n) is 7.54. The molecule has 0 bridgehead atoms. The number of nitrogens with zero attached hydrogens (tertiary/aromatic N) is 2. The molecule has 0 spiro atoms. The van der Waals surface area contributed by atoms with Gasteiger partial charge >= 0.3 is 12.3 Å². The van der Waals surface area contributed by atoms with Crippen LogP contribution in [0.25, 0.3) is 5.69 Å². The summed E-state index contributed by atoms with van der Waals surface area (Å²) in [6, 6.07) is 9.51. The van der Waals surface area contributed by atoms with E-state index in [1.165, 1.54) is 18.2 Å². The summed E-state index contributed by atoms with van der Waals surface area (Å²) in [6.07, 6.45) is -4.80. The molecule has 0 fully saturated rings. The van der Waals surface area contributed by atoms with Crippen LogP contribution in [0.1, 0.15) is 56.5 Å². The molecule has 1 amide bonds. The Labute approximate surface area is 187 Å². The number of carboxylic acids is 1. The Balaban J connectivity index is 1.87. The summed E-state index contributed by atoms with van der Waals surface area (Å²) in [5.41, 5.74) is 2.61. The number of imidazole rings is 1. The van der Waals surface area contributed by atoms with Gasteiger partial charge in [-0.3, -0.25) is 9.36 Å². The summed E-state index contributed by atoms with van der Waals surface area (Å²) in [5.74, 6) is -1.36. The first-order valence-electron chi connectivity index (χ1n) is 9.94. The van der Waals surface area contributed by atoms with Gasteiger partial charge in [-0.2, -0.15) is 0 Å². The number of rotatable bonds is 6. The van der Waals surface area contributed by atoms with Crippen molar-refractivity contribution in [2.75, 3.05) is 0 Å². The van der Waals surface area contributed by atoms with Crippen molar-refractivity contribution in [2.24, 2.45) is 0 Å². The number of halogens is 3. The van der Waals surface area contributed by atoms with Crippen LogP contribution >= 0.6 is 0 Å². The molecule has 0 saturated heterocycles. The van der Waals surface area contributed by atoms with E-state index in [-0.39, 0.29) is 17.0 Å². The summed E-state index contributed by atoms with van der Waals surface area (Å²) in [4.78, 5) is 28.7. The maximum Gasteiger partial charge on any atom is 0.573 e. The Morgan fingerprint density at radius 1 is 1.09 bits per heavy atom. The van der Waals surface area contributed by atoms with Crippen molar-refractivity contribution >= 4 is 11.9 Å². The number of carboxylic acid groups (broad SMARTS) is 1. The van der Waals surface area contributed by atoms with Gasteiger partial charge < -0.3 is 15.2 Å². The fraction of sp³-hybridized carbons (Fsp3) is 0.261. The van der Waals surface area contributed by atoms with Crippen LogP contribution in [0.15, 0.2) is 42.5 Å². The number of ether oxygens (including phenoxy) is 1. The third-order valence-electron chi connectivity index (χ3n) is 5.09. The maximum atomic E-state index is 13.1. The second kappa shape index (κ2) is 8.97. The van der Waals surface area contributed by atoms with Crippen LogP contribution in [0.4, 0.5) is 13.2 Å². The Hall–Kier alpha value is -3.82. The number of aromatic carboxylic acids is 1. The van der Waals surface area contributed by atoms with Crippen molar-refractivity contribution in [3.8, 4) is 11.4 Å². The first-order chi connectivity index (χ1) is 15.4. The smallest absolute Gasteiger partial charge is 0.478 e. The fourth-order valence-electron chi connectivity index (χ4n) is 3.59. The third-order valence-corrected chi connectivity index (χ3v) is 5.09. The molecule has 1 atom stereocenters. The van der Waals surface area contributed by atoms with Gasteiger partial charge in [-0.1, -0.05) is 12.1 Å². The van der Waals surface area contributed by atoms with Gasteiger partial charge in [0.1, 0.15) is 17.3 Å². The molecule has 1 aromatic heterocycles. The largest absolute Gasteiger partial charge is 0.573 e. The Morgan fingerprint density at radius 3 is 2.27 bits per heavy atom. The maximum absolute atomic E-state index is 13.1. The lowest BCUT2D eigenvalue weighted by molar-refractivity contribution is -0.274. The summed E-state index contributed by atoms with van der Waals surface area (Å²) in [5, 5.41) is 12.1. The number of amides is 1. The normalized spacial score (nSPS) is 12.3. The molecule has 0 saturated carbocycles. The van der Waals surface area contributed by atoms with Gasteiger partial charge in [-0.15, -0.1) is 13.2 Å². The van der Waals surface area contributed by atoms with Crippen LogP contribution < -0.4 is 10.1 Å². The number of hydrogen-bond acceptors (Lipinski definition) is 4. The monoisotopic (exact) mass is 461 g/mol. The minimum absolute atomic E-state index is 0.180. The number of aryl methyl sites for hydroxylation is 3. The number of hydrogen-bond donors (Lipinski definition) is 2. The predicted octanol–water partition coefficient (Wildman–Crippen LogP) is 4.89. The Bertz CT molecular complexity index is 1200. The van der Waals surface area contributed by atoms with Crippen molar-refractivity contribution in [2.45, 2.75) is 40.1 Å². The summed E-state index contributed by atoms with van der Waals surface area (Å²) in [7, 11) is 0.